The Morgan fingerprint density at radius 3 is 2.65 bits per heavy atom. The molecule has 4 nitrogen and oxygen atoms in total. The minimum Gasteiger partial charge on any atom is -0.461 e. The van der Waals surface area contributed by atoms with Crippen molar-refractivity contribution in [1.82, 2.24) is 4.98 Å². The van der Waals surface area contributed by atoms with Crippen LogP contribution >= 0.6 is 27.3 Å². The maximum Gasteiger partial charge on any atom is 0.360 e. The maximum absolute atomic E-state index is 11.8. The van der Waals surface area contributed by atoms with Crippen LogP contribution in [0, 0.1) is 13.8 Å². The number of ether oxygens (including phenoxy) is 1. The highest BCUT2D eigenvalue weighted by Gasteiger charge is 2.16. The molecule has 1 heterocycles. The molecule has 0 amide bonds. The minimum atomic E-state index is -0.401. The molecule has 1 aromatic heterocycles. The number of nitrogens with one attached hydrogen (secondary N) is 1. The number of halogens is 1. The largest absolute Gasteiger partial charge is 0.461 e. The van der Waals surface area contributed by atoms with Crippen LogP contribution in [0.3, 0.4) is 0 Å². The molecule has 1 aromatic carbocycles. The molecule has 0 aliphatic rings. The van der Waals surface area contributed by atoms with Gasteiger partial charge in [-0.15, -0.1) is 11.3 Å². The van der Waals surface area contributed by atoms with Gasteiger partial charge in [0.1, 0.15) is 5.00 Å². The van der Waals surface area contributed by atoms with E-state index in [0.29, 0.717) is 17.3 Å². The number of anilines is 2. The number of carbonyl (C=O) groups is 1. The molecule has 0 fully saturated rings. The zero-order valence-corrected chi connectivity index (χ0v) is 13.9. The highest BCUT2D eigenvalue weighted by molar-refractivity contribution is 9.10. The molecule has 1 N–H and O–H groups in total. The maximum atomic E-state index is 11.8. The lowest BCUT2D eigenvalue weighted by Gasteiger charge is -2.10. The van der Waals surface area contributed by atoms with Gasteiger partial charge >= 0.3 is 5.97 Å². The van der Waals surface area contributed by atoms with Crippen LogP contribution in [0.4, 0.5) is 10.7 Å². The predicted molar refractivity (Wildman–Crippen MR) is 85.0 cm³/mol. The summed E-state index contributed by atoms with van der Waals surface area (Å²) in [4.78, 5) is 15.8. The van der Waals surface area contributed by atoms with Crippen LogP contribution in [0.2, 0.25) is 0 Å². The van der Waals surface area contributed by atoms with Crippen molar-refractivity contribution in [2.75, 3.05) is 11.9 Å². The topological polar surface area (TPSA) is 51.2 Å². The number of hydrogen-bond donors (Lipinski definition) is 1. The Bertz CT molecular complexity index is 617. The van der Waals surface area contributed by atoms with Crippen LogP contribution in [-0.2, 0) is 4.74 Å². The normalized spacial score (nSPS) is 10.4. The summed E-state index contributed by atoms with van der Waals surface area (Å²) in [7, 11) is 0. The van der Waals surface area contributed by atoms with E-state index in [4.69, 9.17) is 4.74 Å². The van der Waals surface area contributed by atoms with Crippen molar-refractivity contribution in [3.63, 3.8) is 0 Å². The molecular weight excluding hydrogens is 340 g/mol. The van der Waals surface area contributed by atoms with Crippen LogP contribution in [0.25, 0.3) is 0 Å². The van der Waals surface area contributed by atoms with Crippen molar-refractivity contribution < 1.29 is 9.53 Å². The van der Waals surface area contributed by atoms with Crippen molar-refractivity contribution in [3.8, 4) is 0 Å². The smallest absolute Gasteiger partial charge is 0.360 e. The van der Waals surface area contributed by atoms with Gasteiger partial charge in [-0.3, -0.25) is 0 Å². The third-order valence-electron chi connectivity index (χ3n) is 2.73. The number of benzene rings is 1. The molecule has 0 radical (unpaired) electrons. The molecule has 106 valence electrons. The first-order chi connectivity index (χ1) is 9.52. The third kappa shape index (κ3) is 3.19. The van der Waals surface area contributed by atoms with Gasteiger partial charge in [0, 0.05) is 10.2 Å². The van der Waals surface area contributed by atoms with E-state index in [1.165, 1.54) is 11.3 Å². The Labute approximate surface area is 130 Å². The number of rotatable bonds is 4. The fraction of sp³-hybridized carbons (Fsp3) is 0.286. The SMILES string of the molecule is CCOC(=O)c1ncsc1Nc1cc(C)c(Br)c(C)c1. The van der Waals surface area contributed by atoms with Crippen LogP contribution in [-0.4, -0.2) is 17.6 Å². The number of carbonyl (C=O) groups excluding carboxylic acids is 1. The van der Waals surface area contributed by atoms with Crippen LogP contribution in [0.1, 0.15) is 28.5 Å². The third-order valence-corrected chi connectivity index (χ3v) is 4.72. The molecule has 0 spiro atoms. The van der Waals surface area contributed by atoms with Crippen molar-refractivity contribution in [2.45, 2.75) is 20.8 Å². The molecule has 0 saturated heterocycles. The standard InChI is InChI=1S/C14H15BrN2O2S/c1-4-19-14(18)12-13(20-7-16-12)17-10-5-8(2)11(15)9(3)6-10/h5-7,17H,4H2,1-3H3. The lowest BCUT2D eigenvalue weighted by atomic mass is 10.1. The Morgan fingerprint density at radius 1 is 1.40 bits per heavy atom. The first-order valence-corrected chi connectivity index (χ1v) is 7.84. The van der Waals surface area contributed by atoms with Gasteiger partial charge in [-0.1, -0.05) is 15.9 Å². The molecule has 0 saturated carbocycles. The van der Waals surface area contributed by atoms with Gasteiger partial charge in [0.2, 0.25) is 0 Å². The van der Waals surface area contributed by atoms with E-state index < -0.39 is 5.97 Å². The number of nitrogens with zero attached hydrogens (tertiary/aromatic N) is 1. The quantitative estimate of drug-likeness (QED) is 0.824. The van der Waals surface area contributed by atoms with Gasteiger partial charge in [-0.05, 0) is 44.0 Å². The van der Waals surface area contributed by atoms with Crippen LogP contribution in [0.5, 0.6) is 0 Å². The zero-order valence-electron chi connectivity index (χ0n) is 11.5. The van der Waals surface area contributed by atoms with Crippen molar-refractivity contribution in [1.29, 1.82) is 0 Å². The van der Waals surface area contributed by atoms with E-state index in [0.717, 1.165) is 21.3 Å². The molecule has 2 aromatic rings. The van der Waals surface area contributed by atoms with Gasteiger partial charge in [0.15, 0.2) is 5.69 Å². The second kappa shape index (κ2) is 6.37. The second-order valence-electron chi connectivity index (χ2n) is 4.30. The van der Waals surface area contributed by atoms with Gasteiger partial charge in [0.05, 0.1) is 12.1 Å². The molecule has 2 rings (SSSR count). The van der Waals surface area contributed by atoms with Crippen molar-refractivity contribution in [3.05, 3.63) is 38.9 Å². The molecule has 0 aliphatic carbocycles. The van der Waals surface area contributed by atoms with Crippen LogP contribution in [0.15, 0.2) is 22.1 Å². The van der Waals surface area contributed by atoms with Gasteiger partial charge < -0.3 is 10.1 Å². The number of aromatic nitrogens is 1. The fourth-order valence-electron chi connectivity index (χ4n) is 1.83. The first kappa shape index (κ1) is 15.0. The average molecular weight is 355 g/mol. The lowest BCUT2D eigenvalue weighted by molar-refractivity contribution is 0.0521. The second-order valence-corrected chi connectivity index (χ2v) is 5.95. The van der Waals surface area contributed by atoms with Gasteiger partial charge in [-0.2, -0.15) is 0 Å². The first-order valence-electron chi connectivity index (χ1n) is 6.17. The number of aryl methyl sites for hydroxylation is 2. The van der Waals surface area contributed by atoms with E-state index in [-0.39, 0.29) is 0 Å². The summed E-state index contributed by atoms with van der Waals surface area (Å²) >= 11 is 4.92. The number of esters is 1. The summed E-state index contributed by atoms with van der Waals surface area (Å²) < 4.78 is 6.08. The predicted octanol–water partition coefficient (Wildman–Crippen LogP) is 4.44. The molecule has 0 aliphatic heterocycles. The number of thiazole rings is 1. The minimum absolute atomic E-state index is 0.329. The fourth-order valence-corrected chi connectivity index (χ4v) is 2.75. The Balaban J connectivity index is 2.27. The average Bonchev–Trinajstić information content (AvgIpc) is 2.84. The summed E-state index contributed by atoms with van der Waals surface area (Å²) in [5, 5.41) is 3.93. The van der Waals surface area contributed by atoms with E-state index in [9.17, 15) is 4.79 Å². The number of hydrogen-bond acceptors (Lipinski definition) is 5. The Morgan fingerprint density at radius 2 is 2.05 bits per heavy atom. The highest BCUT2D eigenvalue weighted by Crippen LogP contribution is 2.30. The van der Waals surface area contributed by atoms with Gasteiger partial charge in [-0.25, -0.2) is 9.78 Å². The van der Waals surface area contributed by atoms with E-state index >= 15 is 0 Å². The molecule has 6 heteroatoms. The van der Waals surface area contributed by atoms with Crippen molar-refractivity contribution in [2.24, 2.45) is 0 Å². The Hall–Kier alpha value is -1.40. The summed E-state index contributed by atoms with van der Waals surface area (Å²) in [5.41, 5.74) is 5.16. The molecular formula is C14H15BrN2O2S. The van der Waals surface area contributed by atoms with E-state index in [1.807, 2.05) is 26.0 Å². The molecule has 0 bridgehead atoms. The summed E-state index contributed by atoms with van der Waals surface area (Å²) in [6.07, 6.45) is 0. The van der Waals surface area contributed by atoms with Crippen molar-refractivity contribution >= 4 is 43.9 Å². The van der Waals surface area contributed by atoms with Crippen LogP contribution < -0.4 is 5.32 Å². The monoisotopic (exact) mass is 354 g/mol. The van der Waals surface area contributed by atoms with E-state index in [2.05, 4.69) is 26.2 Å². The molecule has 0 atom stereocenters. The Kier molecular flexibility index (Phi) is 4.77. The summed E-state index contributed by atoms with van der Waals surface area (Å²) in [5.74, 6) is -0.401. The summed E-state index contributed by atoms with van der Waals surface area (Å²) in [6, 6.07) is 4.04. The van der Waals surface area contributed by atoms with Gasteiger partial charge in [0.25, 0.3) is 0 Å². The lowest BCUT2D eigenvalue weighted by Crippen LogP contribution is -2.07. The summed E-state index contributed by atoms with van der Waals surface area (Å²) in [6.45, 7) is 6.17. The van der Waals surface area contributed by atoms with E-state index in [1.54, 1.807) is 12.4 Å². The molecule has 0 unspecified atom stereocenters. The molecule has 20 heavy (non-hydrogen) atoms. The zero-order chi connectivity index (χ0) is 14.7. The highest BCUT2D eigenvalue weighted by atomic mass is 79.9.